The summed E-state index contributed by atoms with van der Waals surface area (Å²) in [4.78, 5) is 40.5. The van der Waals surface area contributed by atoms with E-state index in [1.807, 2.05) is 27.7 Å². The van der Waals surface area contributed by atoms with Crippen LogP contribution in [-0.2, 0) is 4.74 Å². The summed E-state index contributed by atoms with van der Waals surface area (Å²) in [5.74, 6) is -1.02. The zero-order chi connectivity index (χ0) is 20.6. The van der Waals surface area contributed by atoms with E-state index in [1.165, 1.54) is 0 Å². The molecule has 7 nitrogen and oxygen atoms in total. The molecule has 1 saturated heterocycles. The third kappa shape index (κ3) is 4.29. The number of benzene rings is 1. The quantitative estimate of drug-likeness (QED) is 0.858. The lowest BCUT2D eigenvalue weighted by atomic mass is 9.95. The van der Waals surface area contributed by atoms with E-state index < -0.39 is 11.6 Å². The monoisotopic (exact) mass is 388 g/mol. The Balaban J connectivity index is 1.76. The number of nitrogens with zero attached hydrogens (tertiary/aromatic N) is 2. The average Bonchev–Trinajstić information content (AvgIpc) is 3.43. The maximum Gasteiger partial charge on any atom is 0.410 e. The van der Waals surface area contributed by atoms with Crippen LogP contribution in [0, 0.1) is 0 Å². The first-order valence-electron chi connectivity index (χ1n) is 9.73. The van der Waals surface area contributed by atoms with Gasteiger partial charge in [-0.3, -0.25) is 4.79 Å². The molecule has 1 aromatic carbocycles. The van der Waals surface area contributed by atoms with E-state index >= 15 is 0 Å². The Kier molecular flexibility index (Phi) is 5.37. The summed E-state index contributed by atoms with van der Waals surface area (Å²) >= 11 is 0. The number of piperazine rings is 1. The third-order valence-corrected chi connectivity index (χ3v) is 5.10. The van der Waals surface area contributed by atoms with E-state index in [1.54, 1.807) is 28.0 Å². The van der Waals surface area contributed by atoms with Gasteiger partial charge < -0.3 is 19.6 Å². The highest BCUT2D eigenvalue weighted by atomic mass is 16.6. The summed E-state index contributed by atoms with van der Waals surface area (Å²) in [6.45, 7) is 8.53. The molecule has 1 heterocycles. The molecule has 28 heavy (non-hydrogen) atoms. The van der Waals surface area contributed by atoms with E-state index in [0.29, 0.717) is 30.8 Å². The molecule has 1 saturated carbocycles. The first kappa shape index (κ1) is 20.2. The Bertz CT molecular complexity index is 794. The standard InChI is InChI=1S/C21H28N2O5/c1-13-12-22(10-11-23(13)20(27)28-21(2,3)4)18(24)15-6-5-7-16(19(25)26)17(15)14-8-9-14/h5-7,13-14H,8-12H2,1-4H3,(H,25,26)/t13-/m0/s1. The predicted octanol–water partition coefficient (Wildman–Crippen LogP) is 3.34. The fourth-order valence-electron chi connectivity index (χ4n) is 3.65. The molecular weight excluding hydrogens is 360 g/mol. The zero-order valence-corrected chi connectivity index (χ0v) is 16.9. The van der Waals surface area contributed by atoms with Gasteiger partial charge in [0.05, 0.1) is 5.56 Å². The van der Waals surface area contributed by atoms with Crippen molar-refractivity contribution in [2.75, 3.05) is 19.6 Å². The van der Waals surface area contributed by atoms with Gasteiger partial charge in [-0.2, -0.15) is 0 Å². The molecule has 3 rings (SSSR count). The van der Waals surface area contributed by atoms with Gasteiger partial charge in [0, 0.05) is 31.2 Å². The van der Waals surface area contributed by atoms with Gasteiger partial charge in [-0.05, 0) is 64.2 Å². The Morgan fingerprint density at radius 3 is 2.29 bits per heavy atom. The lowest BCUT2D eigenvalue weighted by Crippen LogP contribution is -2.56. The molecule has 1 N–H and O–H groups in total. The lowest BCUT2D eigenvalue weighted by Gasteiger charge is -2.40. The third-order valence-electron chi connectivity index (χ3n) is 5.10. The number of rotatable bonds is 3. The fourth-order valence-corrected chi connectivity index (χ4v) is 3.65. The Morgan fingerprint density at radius 1 is 1.11 bits per heavy atom. The predicted molar refractivity (Wildman–Crippen MR) is 104 cm³/mol. The minimum absolute atomic E-state index is 0.145. The van der Waals surface area contributed by atoms with Crippen LogP contribution in [0.2, 0.25) is 0 Å². The van der Waals surface area contributed by atoms with Crippen LogP contribution in [0.5, 0.6) is 0 Å². The van der Waals surface area contributed by atoms with Gasteiger partial charge in [-0.15, -0.1) is 0 Å². The van der Waals surface area contributed by atoms with Crippen LogP contribution >= 0.6 is 0 Å². The number of hydrogen-bond donors (Lipinski definition) is 1. The number of carbonyl (C=O) groups excluding carboxylic acids is 2. The second kappa shape index (κ2) is 7.45. The van der Waals surface area contributed by atoms with Gasteiger partial charge in [0.1, 0.15) is 5.60 Å². The van der Waals surface area contributed by atoms with Crippen LogP contribution in [0.25, 0.3) is 0 Å². The van der Waals surface area contributed by atoms with Crippen molar-refractivity contribution in [2.24, 2.45) is 0 Å². The Morgan fingerprint density at radius 2 is 1.75 bits per heavy atom. The van der Waals surface area contributed by atoms with Crippen molar-refractivity contribution in [1.82, 2.24) is 9.80 Å². The van der Waals surface area contributed by atoms with Crippen LogP contribution in [0.4, 0.5) is 4.79 Å². The molecule has 1 aromatic rings. The molecule has 2 aliphatic rings. The second-order valence-electron chi connectivity index (χ2n) is 8.62. The Labute approximate surface area is 165 Å². The number of hydrogen-bond acceptors (Lipinski definition) is 4. The number of aromatic carboxylic acids is 1. The maximum absolute atomic E-state index is 13.2. The van der Waals surface area contributed by atoms with E-state index in [2.05, 4.69) is 0 Å². The number of carboxylic acids is 1. The minimum atomic E-state index is -1.00. The molecule has 0 aromatic heterocycles. The minimum Gasteiger partial charge on any atom is -0.478 e. The van der Waals surface area contributed by atoms with Crippen LogP contribution in [0.3, 0.4) is 0 Å². The molecular formula is C21H28N2O5. The summed E-state index contributed by atoms with van der Waals surface area (Å²) in [6.07, 6.45) is 1.44. The van der Waals surface area contributed by atoms with Crippen molar-refractivity contribution < 1.29 is 24.2 Å². The smallest absolute Gasteiger partial charge is 0.410 e. The molecule has 2 amide bonds. The van der Waals surface area contributed by atoms with Gasteiger partial charge >= 0.3 is 12.1 Å². The molecule has 1 atom stereocenters. The van der Waals surface area contributed by atoms with E-state index in [-0.39, 0.29) is 29.5 Å². The number of carbonyl (C=O) groups is 3. The summed E-state index contributed by atoms with van der Waals surface area (Å²) < 4.78 is 5.45. The normalized spacial score (nSPS) is 20.1. The van der Waals surface area contributed by atoms with Crippen molar-refractivity contribution >= 4 is 18.0 Å². The van der Waals surface area contributed by atoms with E-state index in [0.717, 1.165) is 12.8 Å². The highest BCUT2D eigenvalue weighted by Gasteiger charge is 2.36. The zero-order valence-electron chi connectivity index (χ0n) is 16.9. The Hall–Kier alpha value is -2.57. The highest BCUT2D eigenvalue weighted by Crippen LogP contribution is 2.43. The number of amides is 2. The van der Waals surface area contributed by atoms with Gasteiger partial charge in [0.15, 0.2) is 0 Å². The fraction of sp³-hybridized carbons (Fsp3) is 0.571. The van der Waals surface area contributed by atoms with Crippen LogP contribution < -0.4 is 0 Å². The van der Waals surface area contributed by atoms with Gasteiger partial charge in [-0.1, -0.05) is 6.07 Å². The molecule has 2 fully saturated rings. The summed E-state index contributed by atoms with van der Waals surface area (Å²) in [5, 5.41) is 9.51. The summed E-state index contributed by atoms with van der Waals surface area (Å²) in [5.41, 5.74) is 0.775. The SMILES string of the molecule is C[C@H]1CN(C(=O)c2cccc(C(=O)O)c2C2CC2)CCN1C(=O)OC(C)(C)C. The number of carboxylic acid groups (broad SMARTS) is 1. The second-order valence-corrected chi connectivity index (χ2v) is 8.62. The van der Waals surface area contributed by atoms with Crippen LogP contribution in [0.15, 0.2) is 18.2 Å². The van der Waals surface area contributed by atoms with Crippen molar-refractivity contribution in [3.63, 3.8) is 0 Å². The van der Waals surface area contributed by atoms with Crippen molar-refractivity contribution in [3.05, 3.63) is 34.9 Å². The maximum atomic E-state index is 13.2. The van der Waals surface area contributed by atoms with Crippen molar-refractivity contribution in [2.45, 2.75) is 58.1 Å². The number of ether oxygens (including phenoxy) is 1. The lowest BCUT2D eigenvalue weighted by molar-refractivity contribution is 0.00195. The largest absolute Gasteiger partial charge is 0.478 e. The topological polar surface area (TPSA) is 87.2 Å². The molecule has 0 radical (unpaired) electrons. The van der Waals surface area contributed by atoms with Crippen LogP contribution in [0.1, 0.15) is 72.7 Å². The van der Waals surface area contributed by atoms with E-state index in [9.17, 15) is 19.5 Å². The van der Waals surface area contributed by atoms with Gasteiger partial charge in [-0.25, -0.2) is 9.59 Å². The first-order valence-corrected chi connectivity index (χ1v) is 9.73. The van der Waals surface area contributed by atoms with Gasteiger partial charge in [0.25, 0.3) is 5.91 Å². The van der Waals surface area contributed by atoms with Crippen LogP contribution in [-0.4, -0.2) is 64.2 Å². The molecule has 1 aliphatic carbocycles. The summed E-state index contributed by atoms with van der Waals surface area (Å²) in [6, 6.07) is 4.73. The molecule has 0 unspecified atom stereocenters. The summed E-state index contributed by atoms with van der Waals surface area (Å²) in [7, 11) is 0. The van der Waals surface area contributed by atoms with Crippen molar-refractivity contribution in [3.8, 4) is 0 Å². The molecule has 7 heteroatoms. The highest BCUT2D eigenvalue weighted by molar-refractivity contribution is 6.00. The molecule has 0 spiro atoms. The van der Waals surface area contributed by atoms with Gasteiger partial charge in [0.2, 0.25) is 0 Å². The molecule has 0 bridgehead atoms. The first-order chi connectivity index (χ1) is 13.1. The van der Waals surface area contributed by atoms with Crippen molar-refractivity contribution in [1.29, 1.82) is 0 Å². The molecule has 152 valence electrons. The van der Waals surface area contributed by atoms with E-state index in [4.69, 9.17) is 4.74 Å². The molecule has 1 aliphatic heterocycles. The average molecular weight is 388 g/mol.